The molecule has 0 unspecified atom stereocenters. The van der Waals surface area contributed by atoms with Crippen molar-refractivity contribution in [1.29, 1.82) is 0 Å². The van der Waals surface area contributed by atoms with E-state index in [1.54, 1.807) is 0 Å². The SMILES string of the molecule is Cc1cc(-n2c3ccccc3c3ccc4c(c32)-c2ccccc2C42c3ccccc3-c3ccccc32)c2oc3ccccc3c2c1-c1nc(-c2ccccc2)nc(-c2ccccc2)n1. The Bertz CT molecular complexity index is 3810. The Kier molecular flexibility index (Phi) is 7.18. The predicted octanol–water partition coefficient (Wildman–Crippen LogP) is 14.5. The van der Waals surface area contributed by atoms with Crippen molar-refractivity contribution in [1.82, 2.24) is 19.5 Å². The second-order valence-electron chi connectivity index (χ2n) is 17.1. The average Bonchev–Trinajstić information content (AvgIpc) is 4.08. The van der Waals surface area contributed by atoms with E-state index in [4.69, 9.17) is 19.4 Å². The van der Waals surface area contributed by atoms with Crippen molar-refractivity contribution in [3.8, 4) is 62.1 Å². The van der Waals surface area contributed by atoms with E-state index in [9.17, 15) is 0 Å². The minimum absolute atomic E-state index is 0.478. The minimum Gasteiger partial charge on any atom is -0.454 e. The molecule has 0 saturated heterocycles. The summed E-state index contributed by atoms with van der Waals surface area (Å²) in [6.07, 6.45) is 0. The summed E-state index contributed by atoms with van der Waals surface area (Å²) >= 11 is 0. The van der Waals surface area contributed by atoms with Crippen LogP contribution in [0.4, 0.5) is 0 Å². The summed E-state index contributed by atoms with van der Waals surface area (Å²) in [6, 6.07) is 71.6. The number of rotatable bonds is 4. The van der Waals surface area contributed by atoms with Gasteiger partial charge in [-0.25, -0.2) is 15.0 Å². The van der Waals surface area contributed by atoms with E-state index in [2.05, 4.69) is 169 Å². The van der Waals surface area contributed by atoms with Crippen molar-refractivity contribution in [2.75, 3.05) is 0 Å². The summed E-state index contributed by atoms with van der Waals surface area (Å²) in [6.45, 7) is 2.18. The summed E-state index contributed by atoms with van der Waals surface area (Å²) in [5.41, 5.74) is 18.5. The van der Waals surface area contributed by atoms with Gasteiger partial charge in [-0.05, 0) is 69.6 Å². The molecule has 0 bridgehead atoms. The summed E-state index contributed by atoms with van der Waals surface area (Å²) < 4.78 is 9.61. The Morgan fingerprint density at radius 2 is 0.969 bits per heavy atom. The molecule has 1 spiro atoms. The lowest BCUT2D eigenvalue weighted by Gasteiger charge is -2.30. The number of hydrogen-bond donors (Lipinski definition) is 0. The first-order valence-electron chi connectivity index (χ1n) is 21.9. The van der Waals surface area contributed by atoms with Crippen LogP contribution in [0.15, 0.2) is 205 Å². The predicted molar refractivity (Wildman–Crippen MR) is 259 cm³/mol. The minimum atomic E-state index is -0.478. The van der Waals surface area contributed by atoms with Crippen molar-refractivity contribution >= 4 is 43.7 Å². The lowest BCUT2D eigenvalue weighted by Crippen LogP contribution is -2.25. The van der Waals surface area contributed by atoms with E-state index in [1.807, 2.05) is 42.5 Å². The Morgan fingerprint density at radius 1 is 0.438 bits per heavy atom. The lowest BCUT2D eigenvalue weighted by molar-refractivity contribution is 0.666. The fourth-order valence-corrected chi connectivity index (χ4v) is 11.3. The maximum Gasteiger partial charge on any atom is 0.165 e. The summed E-state index contributed by atoms with van der Waals surface area (Å²) in [7, 11) is 0. The van der Waals surface area contributed by atoms with Crippen molar-refractivity contribution in [2.24, 2.45) is 0 Å². The first-order valence-corrected chi connectivity index (χ1v) is 21.9. The molecule has 0 radical (unpaired) electrons. The lowest BCUT2D eigenvalue weighted by atomic mass is 9.70. The van der Waals surface area contributed by atoms with Crippen LogP contribution in [0.3, 0.4) is 0 Å². The fraction of sp³-hybridized carbons (Fsp3) is 0.0339. The maximum absolute atomic E-state index is 7.14. The molecule has 2 aliphatic rings. The topological polar surface area (TPSA) is 56.7 Å². The second-order valence-corrected chi connectivity index (χ2v) is 17.1. The van der Waals surface area contributed by atoms with E-state index in [1.165, 1.54) is 55.3 Å². The number of fused-ring (bicyclic) bond motifs is 17. The number of para-hydroxylation sites is 2. The number of benzene rings is 9. The molecule has 12 aromatic rings. The Balaban J connectivity index is 1.11. The Morgan fingerprint density at radius 3 is 1.64 bits per heavy atom. The van der Waals surface area contributed by atoms with Crippen LogP contribution in [0.25, 0.3) is 106 Å². The van der Waals surface area contributed by atoms with E-state index in [0.29, 0.717) is 17.5 Å². The van der Waals surface area contributed by atoms with Gasteiger partial charge in [0.2, 0.25) is 0 Å². The van der Waals surface area contributed by atoms with Crippen molar-refractivity contribution in [2.45, 2.75) is 12.3 Å². The zero-order valence-corrected chi connectivity index (χ0v) is 34.7. The number of aromatic nitrogens is 4. The molecule has 3 heterocycles. The molecule has 298 valence electrons. The van der Waals surface area contributed by atoms with Crippen LogP contribution in [0.1, 0.15) is 27.8 Å². The molecule has 5 heteroatoms. The highest BCUT2D eigenvalue weighted by Gasteiger charge is 2.52. The molecule has 0 atom stereocenters. The third kappa shape index (κ3) is 4.60. The average molecular weight is 817 g/mol. The molecule has 0 fully saturated rings. The van der Waals surface area contributed by atoms with Crippen LogP contribution < -0.4 is 0 Å². The molecule has 0 aliphatic heterocycles. The maximum atomic E-state index is 7.14. The zero-order chi connectivity index (χ0) is 42.1. The molecule has 64 heavy (non-hydrogen) atoms. The van der Waals surface area contributed by atoms with Gasteiger partial charge in [0.15, 0.2) is 23.1 Å². The zero-order valence-electron chi connectivity index (χ0n) is 34.7. The van der Waals surface area contributed by atoms with Crippen molar-refractivity contribution < 1.29 is 4.42 Å². The molecule has 0 saturated carbocycles. The Labute approximate surface area is 368 Å². The summed E-state index contributed by atoms with van der Waals surface area (Å²) in [4.78, 5) is 15.6. The van der Waals surface area contributed by atoms with Gasteiger partial charge in [0.25, 0.3) is 0 Å². The van der Waals surface area contributed by atoms with Gasteiger partial charge in [-0.15, -0.1) is 0 Å². The van der Waals surface area contributed by atoms with Gasteiger partial charge < -0.3 is 8.98 Å². The molecule has 0 N–H and O–H groups in total. The third-order valence-electron chi connectivity index (χ3n) is 13.8. The highest BCUT2D eigenvalue weighted by atomic mass is 16.3. The summed E-state index contributed by atoms with van der Waals surface area (Å²) in [5, 5.41) is 4.37. The molecule has 2 aliphatic carbocycles. The van der Waals surface area contributed by atoms with Crippen LogP contribution in [-0.2, 0) is 5.41 Å². The molecule has 0 amide bonds. The van der Waals surface area contributed by atoms with Gasteiger partial charge in [0, 0.05) is 43.8 Å². The second kappa shape index (κ2) is 13.1. The van der Waals surface area contributed by atoms with Crippen LogP contribution in [0, 0.1) is 6.92 Å². The molecular weight excluding hydrogens is 781 g/mol. The van der Waals surface area contributed by atoms with Gasteiger partial charge in [-0.1, -0.05) is 182 Å². The highest BCUT2D eigenvalue weighted by molar-refractivity contribution is 6.20. The molecule has 5 nitrogen and oxygen atoms in total. The fourth-order valence-electron chi connectivity index (χ4n) is 11.3. The van der Waals surface area contributed by atoms with Crippen molar-refractivity contribution in [3.63, 3.8) is 0 Å². The first kappa shape index (κ1) is 35.2. The quantitative estimate of drug-likeness (QED) is 0.178. The van der Waals surface area contributed by atoms with Gasteiger partial charge in [0.1, 0.15) is 5.58 Å². The van der Waals surface area contributed by atoms with E-state index >= 15 is 0 Å². The van der Waals surface area contributed by atoms with Crippen molar-refractivity contribution in [3.05, 3.63) is 228 Å². The summed E-state index contributed by atoms with van der Waals surface area (Å²) in [5.74, 6) is 1.84. The van der Waals surface area contributed by atoms with Gasteiger partial charge in [0.05, 0.1) is 22.1 Å². The van der Waals surface area contributed by atoms with Crippen LogP contribution >= 0.6 is 0 Å². The van der Waals surface area contributed by atoms with E-state index in [0.717, 1.165) is 60.9 Å². The standard InChI is InChI=1S/C59H36N4O/c1-35-34-49(55-53(43-26-12-17-31-50(43)64-55)51(35)58-61-56(36-18-4-2-5-19-36)60-57(62-58)37-20-6-3-7-21-37)63-48-30-16-11-24-40(48)41-32-33-47-52(54(41)63)42-25-10-15-29-46(42)59(47)44-27-13-8-22-38(44)39-23-9-14-28-45(39)59/h2-34H,1H3. The highest BCUT2D eigenvalue weighted by Crippen LogP contribution is 2.64. The monoisotopic (exact) mass is 816 g/mol. The van der Waals surface area contributed by atoms with Crippen LogP contribution in [0.2, 0.25) is 0 Å². The number of nitrogens with zero attached hydrogens (tertiary/aromatic N) is 4. The molecule has 14 rings (SSSR count). The van der Waals surface area contributed by atoms with E-state index in [-0.39, 0.29) is 0 Å². The smallest absolute Gasteiger partial charge is 0.165 e. The van der Waals surface area contributed by atoms with Gasteiger partial charge in [-0.2, -0.15) is 0 Å². The normalized spacial score (nSPS) is 13.2. The number of hydrogen-bond acceptors (Lipinski definition) is 4. The molecule has 9 aromatic carbocycles. The number of furan rings is 1. The molecule has 3 aromatic heterocycles. The van der Waals surface area contributed by atoms with E-state index < -0.39 is 5.41 Å². The first-order chi connectivity index (χ1) is 31.7. The largest absolute Gasteiger partial charge is 0.454 e. The van der Waals surface area contributed by atoms with Gasteiger partial charge in [-0.3, -0.25) is 0 Å². The third-order valence-corrected chi connectivity index (χ3v) is 13.8. The molecular formula is C59H36N4O. The Hall–Kier alpha value is -8.41. The van der Waals surface area contributed by atoms with Gasteiger partial charge >= 0.3 is 0 Å². The number of aryl methyl sites for hydroxylation is 1. The van der Waals surface area contributed by atoms with Crippen LogP contribution in [0.5, 0.6) is 0 Å². The van der Waals surface area contributed by atoms with Crippen LogP contribution in [-0.4, -0.2) is 19.5 Å².